The lowest BCUT2D eigenvalue weighted by Crippen LogP contribution is -2.14. The summed E-state index contributed by atoms with van der Waals surface area (Å²) in [7, 11) is 1.42. The van der Waals surface area contributed by atoms with Crippen molar-refractivity contribution in [3.8, 4) is 0 Å². The van der Waals surface area contributed by atoms with Crippen LogP contribution in [0.5, 0.6) is 0 Å². The zero-order valence-corrected chi connectivity index (χ0v) is 13.1. The molecule has 0 aliphatic rings. The fraction of sp³-hybridized carbons (Fsp3) is 0.150. The van der Waals surface area contributed by atoms with Gasteiger partial charge >= 0.3 is 5.97 Å². The number of nitrogens with zero attached hydrogens (tertiary/aromatic N) is 1. The van der Waals surface area contributed by atoms with Crippen LogP contribution in [0.2, 0.25) is 0 Å². The quantitative estimate of drug-likeness (QED) is 0.669. The lowest BCUT2D eigenvalue weighted by Gasteiger charge is -2.13. The molecule has 1 heterocycles. The summed E-state index contributed by atoms with van der Waals surface area (Å²) in [5.74, 6) is -0.305. The first-order valence-electron chi connectivity index (χ1n) is 7.62. The van der Waals surface area contributed by atoms with Gasteiger partial charge in [0.2, 0.25) is 0 Å². The maximum Gasteiger partial charge on any atom is 0.354 e. The van der Waals surface area contributed by atoms with E-state index in [0.29, 0.717) is 12.2 Å². The van der Waals surface area contributed by atoms with Crippen molar-refractivity contribution in [1.29, 1.82) is 0 Å². The van der Waals surface area contributed by atoms with Crippen molar-refractivity contribution >= 4 is 5.97 Å². The third-order valence-corrected chi connectivity index (χ3v) is 3.88. The van der Waals surface area contributed by atoms with Crippen LogP contribution in [0.4, 0.5) is 0 Å². The number of rotatable bonds is 5. The number of methoxy groups -OCH3 is 1. The van der Waals surface area contributed by atoms with Crippen LogP contribution < -0.4 is 0 Å². The molecule has 3 nitrogen and oxygen atoms in total. The van der Waals surface area contributed by atoms with Gasteiger partial charge in [-0.3, -0.25) is 0 Å². The summed E-state index contributed by atoms with van der Waals surface area (Å²) in [6.45, 7) is 0.653. The van der Waals surface area contributed by atoms with Gasteiger partial charge in [0, 0.05) is 18.7 Å². The molecular formula is C20H19NO2. The number of hydrogen-bond acceptors (Lipinski definition) is 2. The van der Waals surface area contributed by atoms with Gasteiger partial charge in [0.1, 0.15) is 5.69 Å². The lowest BCUT2D eigenvalue weighted by molar-refractivity contribution is 0.0588. The standard InChI is InChI=1S/C20H19NO2/c1-23-20(22)19-13-12-18(14-16-8-4-2-5-9-16)21(19)15-17-10-6-3-7-11-17/h2-13H,14-15H2,1H3. The molecule has 0 saturated heterocycles. The minimum Gasteiger partial charge on any atom is -0.464 e. The number of esters is 1. The van der Waals surface area contributed by atoms with Gasteiger partial charge in [0.15, 0.2) is 0 Å². The summed E-state index contributed by atoms with van der Waals surface area (Å²) in [4.78, 5) is 12.0. The number of benzene rings is 2. The van der Waals surface area contributed by atoms with Crippen LogP contribution in [-0.4, -0.2) is 17.6 Å². The van der Waals surface area contributed by atoms with Crippen LogP contribution in [-0.2, 0) is 17.7 Å². The molecule has 1 aromatic heterocycles. The van der Waals surface area contributed by atoms with E-state index in [9.17, 15) is 4.79 Å². The topological polar surface area (TPSA) is 31.2 Å². The van der Waals surface area contributed by atoms with Gasteiger partial charge in [-0.15, -0.1) is 0 Å². The van der Waals surface area contributed by atoms with Crippen LogP contribution >= 0.6 is 0 Å². The van der Waals surface area contributed by atoms with Gasteiger partial charge in [-0.25, -0.2) is 4.79 Å². The van der Waals surface area contributed by atoms with Gasteiger partial charge in [-0.05, 0) is 23.3 Å². The highest BCUT2D eigenvalue weighted by atomic mass is 16.5. The molecule has 3 rings (SSSR count). The third kappa shape index (κ3) is 3.51. The Balaban J connectivity index is 1.95. The Morgan fingerprint density at radius 2 is 1.48 bits per heavy atom. The predicted molar refractivity (Wildman–Crippen MR) is 90.6 cm³/mol. The van der Waals surface area contributed by atoms with E-state index in [0.717, 1.165) is 17.7 Å². The lowest BCUT2D eigenvalue weighted by atomic mass is 10.1. The van der Waals surface area contributed by atoms with E-state index in [-0.39, 0.29) is 5.97 Å². The number of ether oxygens (including phenoxy) is 1. The number of aromatic nitrogens is 1. The second-order valence-electron chi connectivity index (χ2n) is 5.44. The van der Waals surface area contributed by atoms with Crippen molar-refractivity contribution in [2.45, 2.75) is 13.0 Å². The molecule has 0 aliphatic heterocycles. The van der Waals surface area contributed by atoms with E-state index >= 15 is 0 Å². The first-order chi connectivity index (χ1) is 11.3. The summed E-state index contributed by atoms with van der Waals surface area (Å²) < 4.78 is 6.95. The molecule has 0 saturated carbocycles. The first-order valence-corrected chi connectivity index (χ1v) is 7.62. The average Bonchev–Trinajstić information content (AvgIpc) is 2.98. The predicted octanol–water partition coefficient (Wildman–Crippen LogP) is 3.91. The van der Waals surface area contributed by atoms with Crippen molar-refractivity contribution in [3.63, 3.8) is 0 Å². The highest BCUT2D eigenvalue weighted by molar-refractivity contribution is 5.87. The highest BCUT2D eigenvalue weighted by Crippen LogP contribution is 2.17. The van der Waals surface area contributed by atoms with E-state index < -0.39 is 0 Å². The SMILES string of the molecule is COC(=O)c1ccc(Cc2ccccc2)n1Cc1ccccc1. The Labute approximate surface area is 136 Å². The van der Waals surface area contributed by atoms with E-state index in [1.807, 2.05) is 53.1 Å². The number of hydrogen-bond donors (Lipinski definition) is 0. The molecule has 0 fully saturated rings. The highest BCUT2D eigenvalue weighted by Gasteiger charge is 2.16. The molecule has 0 spiro atoms. The van der Waals surface area contributed by atoms with Gasteiger partial charge < -0.3 is 9.30 Å². The first kappa shape index (κ1) is 15.1. The van der Waals surface area contributed by atoms with Crippen LogP contribution in [0.1, 0.15) is 27.3 Å². The minimum absolute atomic E-state index is 0.305. The molecular weight excluding hydrogens is 286 g/mol. The molecule has 0 atom stereocenters. The Morgan fingerprint density at radius 1 is 0.870 bits per heavy atom. The van der Waals surface area contributed by atoms with Crippen molar-refractivity contribution in [1.82, 2.24) is 4.57 Å². The Morgan fingerprint density at radius 3 is 2.09 bits per heavy atom. The zero-order chi connectivity index (χ0) is 16.1. The molecule has 2 aromatic carbocycles. The summed E-state index contributed by atoms with van der Waals surface area (Å²) in [5, 5.41) is 0. The molecule has 0 amide bonds. The molecule has 0 bridgehead atoms. The molecule has 0 unspecified atom stereocenters. The molecule has 3 aromatic rings. The van der Waals surface area contributed by atoms with Crippen LogP contribution in [0, 0.1) is 0 Å². The summed E-state index contributed by atoms with van der Waals surface area (Å²) in [6, 6.07) is 24.2. The maximum absolute atomic E-state index is 12.0. The maximum atomic E-state index is 12.0. The second kappa shape index (κ2) is 6.97. The Kier molecular flexibility index (Phi) is 4.57. The Hall–Kier alpha value is -2.81. The number of carbonyl (C=O) groups is 1. The molecule has 0 N–H and O–H groups in total. The third-order valence-electron chi connectivity index (χ3n) is 3.88. The van der Waals surface area contributed by atoms with E-state index in [4.69, 9.17) is 4.74 Å². The number of carbonyl (C=O) groups excluding carboxylic acids is 1. The van der Waals surface area contributed by atoms with Crippen molar-refractivity contribution in [2.75, 3.05) is 7.11 Å². The Bertz CT molecular complexity index is 776. The smallest absolute Gasteiger partial charge is 0.354 e. The van der Waals surface area contributed by atoms with Crippen LogP contribution in [0.15, 0.2) is 72.8 Å². The molecule has 0 radical (unpaired) electrons. The zero-order valence-electron chi connectivity index (χ0n) is 13.1. The summed E-state index contributed by atoms with van der Waals surface area (Å²) in [5.41, 5.74) is 4.06. The minimum atomic E-state index is -0.305. The fourth-order valence-corrected chi connectivity index (χ4v) is 2.70. The molecule has 116 valence electrons. The normalized spacial score (nSPS) is 10.5. The largest absolute Gasteiger partial charge is 0.464 e. The van der Waals surface area contributed by atoms with Gasteiger partial charge in [0.25, 0.3) is 0 Å². The molecule has 23 heavy (non-hydrogen) atoms. The summed E-state index contributed by atoms with van der Waals surface area (Å²) >= 11 is 0. The van der Waals surface area contributed by atoms with Gasteiger partial charge in [-0.2, -0.15) is 0 Å². The van der Waals surface area contributed by atoms with Crippen molar-refractivity contribution in [2.24, 2.45) is 0 Å². The average molecular weight is 305 g/mol. The molecule has 3 heteroatoms. The molecule has 0 aliphatic carbocycles. The van der Waals surface area contributed by atoms with Crippen LogP contribution in [0.25, 0.3) is 0 Å². The van der Waals surface area contributed by atoms with Gasteiger partial charge in [0.05, 0.1) is 7.11 Å². The van der Waals surface area contributed by atoms with Crippen molar-refractivity contribution < 1.29 is 9.53 Å². The van der Waals surface area contributed by atoms with E-state index in [1.54, 1.807) is 0 Å². The monoisotopic (exact) mass is 305 g/mol. The van der Waals surface area contributed by atoms with Gasteiger partial charge in [-0.1, -0.05) is 60.7 Å². The second-order valence-corrected chi connectivity index (χ2v) is 5.44. The van der Waals surface area contributed by atoms with E-state index in [2.05, 4.69) is 24.3 Å². The van der Waals surface area contributed by atoms with Crippen molar-refractivity contribution in [3.05, 3.63) is 95.3 Å². The fourth-order valence-electron chi connectivity index (χ4n) is 2.70. The van der Waals surface area contributed by atoms with E-state index in [1.165, 1.54) is 12.7 Å². The summed E-state index contributed by atoms with van der Waals surface area (Å²) in [6.07, 6.45) is 0.782. The van der Waals surface area contributed by atoms with Crippen LogP contribution in [0.3, 0.4) is 0 Å².